The van der Waals surface area contributed by atoms with Gasteiger partial charge in [0.15, 0.2) is 5.13 Å². The van der Waals surface area contributed by atoms with Crippen LogP contribution in [0.3, 0.4) is 0 Å². The van der Waals surface area contributed by atoms with Crippen molar-refractivity contribution in [2.45, 2.75) is 59.3 Å². The van der Waals surface area contributed by atoms with Crippen LogP contribution in [0.2, 0.25) is 0 Å². The average molecular weight is 381 g/mol. The van der Waals surface area contributed by atoms with Crippen molar-refractivity contribution in [3.8, 4) is 11.3 Å². The highest BCUT2D eigenvalue weighted by molar-refractivity contribution is 7.14. The van der Waals surface area contributed by atoms with Crippen LogP contribution in [0, 0.1) is 29.1 Å². The van der Waals surface area contributed by atoms with Crippen LogP contribution in [0.4, 0.5) is 5.13 Å². The molecule has 4 fully saturated rings. The summed E-state index contributed by atoms with van der Waals surface area (Å²) in [6, 6.07) is 8.39. The van der Waals surface area contributed by atoms with E-state index in [1.807, 2.05) is 5.38 Å². The molecule has 4 aliphatic carbocycles. The fourth-order valence-corrected chi connectivity index (χ4v) is 7.83. The zero-order valence-electron chi connectivity index (χ0n) is 16.5. The lowest BCUT2D eigenvalue weighted by Crippen LogP contribution is -2.58. The molecule has 1 heterocycles. The van der Waals surface area contributed by atoms with E-state index in [-0.39, 0.29) is 11.3 Å². The minimum atomic E-state index is -0.182. The van der Waals surface area contributed by atoms with Crippen LogP contribution in [-0.4, -0.2) is 10.9 Å². The molecule has 4 heteroatoms. The van der Waals surface area contributed by atoms with Crippen LogP contribution in [0.25, 0.3) is 11.3 Å². The summed E-state index contributed by atoms with van der Waals surface area (Å²) in [6.45, 7) is 6.91. The first kappa shape index (κ1) is 17.4. The average Bonchev–Trinajstić information content (AvgIpc) is 3.00. The number of carbonyl (C=O) groups excluding carboxylic acids is 1. The molecule has 2 aromatic rings. The smallest absolute Gasteiger partial charge is 0.232 e. The number of amides is 1. The Morgan fingerprint density at radius 2 is 1.74 bits per heavy atom. The first-order valence-electron chi connectivity index (χ1n) is 10.1. The van der Waals surface area contributed by atoms with E-state index in [2.05, 4.69) is 50.4 Å². The molecule has 3 nitrogen and oxygen atoms in total. The normalized spacial score (nSPS) is 36.8. The van der Waals surface area contributed by atoms with Gasteiger partial charge in [-0.25, -0.2) is 4.98 Å². The molecule has 4 saturated carbocycles. The molecule has 0 spiro atoms. The fraction of sp³-hybridized carbons (Fsp3) is 0.565. The van der Waals surface area contributed by atoms with Crippen molar-refractivity contribution < 1.29 is 4.79 Å². The molecule has 2 unspecified atom stereocenters. The first-order chi connectivity index (χ1) is 12.8. The van der Waals surface area contributed by atoms with Crippen LogP contribution in [0.1, 0.15) is 57.9 Å². The summed E-state index contributed by atoms with van der Waals surface area (Å²) in [5.41, 5.74) is 3.81. The number of nitrogens with zero attached hydrogens (tertiary/aromatic N) is 1. The van der Waals surface area contributed by atoms with Crippen molar-refractivity contribution in [2.24, 2.45) is 22.2 Å². The number of carbonyl (C=O) groups is 1. The van der Waals surface area contributed by atoms with Crippen molar-refractivity contribution in [3.05, 3.63) is 35.2 Å². The number of aromatic nitrogens is 1. The number of thiazole rings is 1. The van der Waals surface area contributed by atoms with Crippen LogP contribution < -0.4 is 5.32 Å². The SMILES string of the molecule is Cc1ccc(-c2csc(NC(=O)C34CC5CC(C)(CC(C)(C5)C3)C4)n2)cc1. The molecule has 4 aliphatic rings. The number of anilines is 1. The van der Waals surface area contributed by atoms with Crippen molar-refractivity contribution in [1.82, 2.24) is 4.98 Å². The number of nitrogens with one attached hydrogen (secondary N) is 1. The minimum absolute atomic E-state index is 0.182. The van der Waals surface area contributed by atoms with E-state index < -0.39 is 0 Å². The van der Waals surface area contributed by atoms with Crippen LogP contribution in [0.5, 0.6) is 0 Å². The lowest BCUT2D eigenvalue weighted by Gasteiger charge is -2.64. The predicted molar refractivity (Wildman–Crippen MR) is 111 cm³/mol. The molecule has 1 aromatic carbocycles. The van der Waals surface area contributed by atoms with Gasteiger partial charge in [-0.1, -0.05) is 43.7 Å². The highest BCUT2D eigenvalue weighted by Crippen LogP contribution is 2.69. The maximum atomic E-state index is 13.4. The quantitative estimate of drug-likeness (QED) is 0.704. The maximum Gasteiger partial charge on any atom is 0.232 e. The van der Waals surface area contributed by atoms with Crippen molar-refractivity contribution in [2.75, 3.05) is 5.32 Å². The molecule has 1 aromatic heterocycles. The zero-order chi connectivity index (χ0) is 18.9. The van der Waals surface area contributed by atoms with Gasteiger partial charge in [-0.3, -0.25) is 4.79 Å². The van der Waals surface area contributed by atoms with Crippen molar-refractivity contribution in [3.63, 3.8) is 0 Å². The van der Waals surface area contributed by atoms with Gasteiger partial charge < -0.3 is 5.32 Å². The van der Waals surface area contributed by atoms with Crippen molar-refractivity contribution in [1.29, 1.82) is 0 Å². The van der Waals surface area contributed by atoms with Crippen LogP contribution >= 0.6 is 11.3 Å². The Morgan fingerprint density at radius 1 is 1.07 bits per heavy atom. The van der Waals surface area contributed by atoms with E-state index in [1.54, 1.807) is 0 Å². The van der Waals surface area contributed by atoms with Gasteiger partial charge in [-0.2, -0.15) is 0 Å². The molecule has 0 saturated heterocycles. The predicted octanol–water partition coefficient (Wildman–Crippen LogP) is 6.05. The molecular weight excluding hydrogens is 352 g/mol. The Balaban J connectivity index is 1.37. The number of aryl methyl sites for hydroxylation is 1. The van der Waals surface area contributed by atoms with Gasteiger partial charge in [0.2, 0.25) is 5.91 Å². The Morgan fingerprint density at radius 3 is 2.37 bits per heavy atom. The summed E-state index contributed by atoms with van der Waals surface area (Å²) < 4.78 is 0. The number of rotatable bonds is 3. The zero-order valence-corrected chi connectivity index (χ0v) is 17.3. The van der Waals surface area contributed by atoms with Gasteiger partial charge >= 0.3 is 0 Å². The molecule has 0 radical (unpaired) electrons. The molecule has 1 amide bonds. The Hall–Kier alpha value is -1.68. The number of hydrogen-bond donors (Lipinski definition) is 1. The van der Waals surface area contributed by atoms with Gasteiger partial charge in [0, 0.05) is 10.9 Å². The third kappa shape index (κ3) is 2.93. The van der Waals surface area contributed by atoms with E-state index >= 15 is 0 Å². The summed E-state index contributed by atoms with van der Waals surface area (Å²) in [5, 5.41) is 5.99. The molecule has 2 atom stereocenters. The van der Waals surface area contributed by atoms with Crippen LogP contribution in [-0.2, 0) is 4.79 Å². The molecular formula is C23H28N2OS. The Kier molecular flexibility index (Phi) is 3.65. The van der Waals surface area contributed by atoms with E-state index in [0.29, 0.717) is 10.8 Å². The van der Waals surface area contributed by atoms with Gasteiger partial charge in [-0.05, 0) is 62.2 Å². The lowest BCUT2D eigenvalue weighted by atomic mass is 9.40. The second-order valence-electron chi connectivity index (χ2n) is 10.3. The number of benzene rings is 1. The second kappa shape index (κ2) is 5.66. The summed E-state index contributed by atoms with van der Waals surface area (Å²) in [4.78, 5) is 18.1. The second-order valence-corrected chi connectivity index (χ2v) is 11.1. The molecule has 0 aliphatic heterocycles. The van der Waals surface area contributed by atoms with Gasteiger partial charge in [0.05, 0.1) is 11.1 Å². The molecule has 1 N–H and O–H groups in total. The van der Waals surface area contributed by atoms with E-state index in [1.165, 1.54) is 36.2 Å². The Bertz CT molecular complexity index is 881. The Labute approximate surface area is 165 Å². The number of hydrogen-bond acceptors (Lipinski definition) is 3. The van der Waals surface area contributed by atoms with Crippen LogP contribution in [0.15, 0.2) is 29.6 Å². The monoisotopic (exact) mass is 380 g/mol. The summed E-state index contributed by atoms with van der Waals surface area (Å²) >= 11 is 1.54. The third-order valence-electron chi connectivity index (χ3n) is 7.18. The lowest BCUT2D eigenvalue weighted by molar-refractivity contribution is -0.165. The standard InChI is InChI=1S/C23H28N2OS/c1-15-4-6-17(7-5-15)18-11-27-20(24-18)25-19(26)23-10-16-8-21(2,13-23)12-22(3,9-16)14-23/h4-7,11,16H,8-10,12-14H2,1-3H3,(H,24,25,26). The molecule has 6 rings (SSSR count). The minimum Gasteiger partial charge on any atom is -0.301 e. The van der Waals surface area contributed by atoms with E-state index in [4.69, 9.17) is 4.98 Å². The van der Waals surface area contributed by atoms with Gasteiger partial charge in [0.1, 0.15) is 0 Å². The molecule has 142 valence electrons. The van der Waals surface area contributed by atoms with Crippen molar-refractivity contribution >= 4 is 22.4 Å². The maximum absolute atomic E-state index is 13.4. The third-order valence-corrected chi connectivity index (χ3v) is 7.94. The molecule has 27 heavy (non-hydrogen) atoms. The van der Waals surface area contributed by atoms with E-state index in [0.717, 1.165) is 41.6 Å². The summed E-state index contributed by atoms with van der Waals surface area (Å²) in [7, 11) is 0. The van der Waals surface area contributed by atoms with E-state index in [9.17, 15) is 4.79 Å². The fourth-order valence-electron chi connectivity index (χ4n) is 7.12. The van der Waals surface area contributed by atoms with Gasteiger partial charge in [0.25, 0.3) is 0 Å². The summed E-state index contributed by atoms with van der Waals surface area (Å²) in [6.07, 6.45) is 7.09. The first-order valence-corrected chi connectivity index (χ1v) is 11.0. The topological polar surface area (TPSA) is 42.0 Å². The van der Waals surface area contributed by atoms with Gasteiger partial charge in [-0.15, -0.1) is 11.3 Å². The molecule has 4 bridgehead atoms. The largest absolute Gasteiger partial charge is 0.301 e. The highest BCUT2D eigenvalue weighted by Gasteiger charge is 2.62. The highest BCUT2D eigenvalue weighted by atomic mass is 32.1. The summed E-state index contributed by atoms with van der Waals surface area (Å²) in [5.74, 6) is 0.940.